The zero-order valence-electron chi connectivity index (χ0n) is 8.06. The van der Waals surface area contributed by atoms with E-state index in [4.69, 9.17) is 0 Å². The third kappa shape index (κ3) is 1.35. The van der Waals surface area contributed by atoms with Crippen LogP contribution in [0.2, 0.25) is 0 Å². The molecule has 0 amide bonds. The summed E-state index contributed by atoms with van der Waals surface area (Å²) in [5.41, 5.74) is 0.729. The Balaban J connectivity index is 2.69. The maximum atomic E-state index is 11.6. The van der Waals surface area contributed by atoms with Crippen molar-refractivity contribution in [1.82, 2.24) is 9.97 Å². The Morgan fingerprint density at radius 3 is 2.93 bits per heavy atom. The molecule has 1 aliphatic rings. The third-order valence-corrected chi connectivity index (χ3v) is 3.79. The quantitative estimate of drug-likeness (QED) is 0.607. The molecule has 0 unspecified atom stereocenters. The highest BCUT2D eigenvalue weighted by Gasteiger charge is 2.29. The van der Waals surface area contributed by atoms with Crippen molar-refractivity contribution in [3.63, 3.8) is 0 Å². The van der Waals surface area contributed by atoms with E-state index in [0.29, 0.717) is 12.4 Å². The van der Waals surface area contributed by atoms with Gasteiger partial charge in [-0.15, -0.1) is 0 Å². The van der Waals surface area contributed by atoms with Gasteiger partial charge < -0.3 is 4.90 Å². The second kappa shape index (κ2) is 2.91. The van der Waals surface area contributed by atoms with Crippen molar-refractivity contribution in [3.8, 4) is 0 Å². The van der Waals surface area contributed by atoms with E-state index in [1.54, 1.807) is 6.92 Å². The number of aryl methyl sites for hydroxylation is 1. The van der Waals surface area contributed by atoms with Gasteiger partial charge in [-0.05, 0) is 6.92 Å². The molecule has 14 heavy (non-hydrogen) atoms. The number of aromatic nitrogens is 2. The molecule has 6 heteroatoms. The Morgan fingerprint density at radius 2 is 2.21 bits per heavy atom. The minimum atomic E-state index is -3.21. The smallest absolute Gasteiger partial charge is 0.201 e. The predicted molar refractivity (Wildman–Crippen MR) is 52.1 cm³/mol. The van der Waals surface area contributed by atoms with E-state index in [2.05, 4.69) is 9.97 Å². The Labute approximate surface area is 82.7 Å². The van der Waals surface area contributed by atoms with Gasteiger partial charge in [0.1, 0.15) is 0 Å². The van der Waals surface area contributed by atoms with E-state index in [1.807, 2.05) is 11.9 Å². The lowest BCUT2D eigenvalue weighted by Crippen LogP contribution is -2.33. The monoisotopic (exact) mass is 213 g/mol. The van der Waals surface area contributed by atoms with Crippen LogP contribution in [-0.4, -0.2) is 37.7 Å². The first-order valence-corrected chi connectivity index (χ1v) is 5.93. The zero-order chi connectivity index (χ0) is 10.3. The fourth-order valence-corrected chi connectivity index (χ4v) is 2.78. The molecule has 0 spiro atoms. The minimum Gasteiger partial charge on any atom is -0.356 e. The number of anilines is 1. The van der Waals surface area contributed by atoms with E-state index in [0.717, 1.165) is 5.69 Å². The lowest BCUT2D eigenvalue weighted by Gasteiger charge is -2.24. The molecule has 0 aromatic carbocycles. The fraction of sp³-hybridized carbons (Fsp3) is 0.500. The van der Waals surface area contributed by atoms with E-state index < -0.39 is 9.84 Å². The molecule has 0 bridgehead atoms. The molecule has 76 valence electrons. The van der Waals surface area contributed by atoms with Crippen molar-refractivity contribution in [2.45, 2.75) is 11.9 Å². The largest absolute Gasteiger partial charge is 0.356 e. The van der Waals surface area contributed by atoms with Crippen LogP contribution in [-0.2, 0) is 9.84 Å². The zero-order valence-corrected chi connectivity index (χ0v) is 8.87. The lowest BCUT2D eigenvalue weighted by atomic mass is 10.5. The third-order valence-electron chi connectivity index (χ3n) is 2.19. The van der Waals surface area contributed by atoms with Gasteiger partial charge in [0.2, 0.25) is 9.84 Å². The summed E-state index contributed by atoms with van der Waals surface area (Å²) in [4.78, 5) is 9.92. The SMILES string of the molecule is Cc1cnc2c(n1)N(C)CCS2(=O)=O. The van der Waals surface area contributed by atoms with Gasteiger partial charge in [-0.25, -0.2) is 18.4 Å². The van der Waals surface area contributed by atoms with Gasteiger partial charge in [-0.1, -0.05) is 0 Å². The van der Waals surface area contributed by atoms with E-state index in [-0.39, 0.29) is 10.8 Å². The summed E-state index contributed by atoms with van der Waals surface area (Å²) in [6.45, 7) is 2.27. The van der Waals surface area contributed by atoms with Crippen LogP contribution >= 0.6 is 0 Å². The molecule has 2 rings (SSSR count). The van der Waals surface area contributed by atoms with Gasteiger partial charge in [0.25, 0.3) is 0 Å². The topological polar surface area (TPSA) is 63.2 Å². The Morgan fingerprint density at radius 1 is 1.50 bits per heavy atom. The Kier molecular flexibility index (Phi) is 1.95. The molecule has 0 saturated heterocycles. The van der Waals surface area contributed by atoms with Crippen molar-refractivity contribution < 1.29 is 8.42 Å². The average molecular weight is 213 g/mol. The summed E-state index contributed by atoms with van der Waals surface area (Å²) in [5.74, 6) is 0.588. The highest BCUT2D eigenvalue weighted by Crippen LogP contribution is 2.24. The van der Waals surface area contributed by atoms with Crippen LogP contribution in [0.4, 0.5) is 5.82 Å². The molecule has 2 heterocycles. The first-order chi connectivity index (χ1) is 6.50. The van der Waals surface area contributed by atoms with E-state index in [1.165, 1.54) is 6.20 Å². The number of fused-ring (bicyclic) bond motifs is 1. The predicted octanol–water partition coefficient (Wildman–Crippen LogP) is 0.00852. The van der Waals surface area contributed by atoms with Crippen molar-refractivity contribution in [2.75, 3.05) is 24.2 Å². The second-order valence-electron chi connectivity index (χ2n) is 3.38. The molecular formula is C8H11N3O2S. The summed E-state index contributed by atoms with van der Waals surface area (Å²) in [6, 6.07) is 0. The van der Waals surface area contributed by atoms with Crippen LogP contribution in [0.15, 0.2) is 11.2 Å². The van der Waals surface area contributed by atoms with Crippen LogP contribution in [0.3, 0.4) is 0 Å². The lowest BCUT2D eigenvalue weighted by molar-refractivity contribution is 0.585. The van der Waals surface area contributed by atoms with E-state index in [9.17, 15) is 8.42 Å². The van der Waals surface area contributed by atoms with Crippen LogP contribution in [0, 0.1) is 6.92 Å². The first-order valence-electron chi connectivity index (χ1n) is 4.28. The van der Waals surface area contributed by atoms with Gasteiger partial charge in [-0.3, -0.25) is 0 Å². The molecule has 0 fully saturated rings. The van der Waals surface area contributed by atoms with Crippen LogP contribution in [0.5, 0.6) is 0 Å². The standard InChI is InChI=1S/C8H11N3O2S/c1-6-5-9-8-7(10-6)11(2)3-4-14(8,12)13/h5H,3-4H2,1-2H3. The molecule has 1 aliphatic heterocycles. The maximum absolute atomic E-state index is 11.6. The van der Waals surface area contributed by atoms with Crippen molar-refractivity contribution in [1.29, 1.82) is 0 Å². The number of hydrogen-bond acceptors (Lipinski definition) is 5. The highest BCUT2D eigenvalue weighted by atomic mass is 32.2. The molecule has 5 nitrogen and oxygen atoms in total. The van der Waals surface area contributed by atoms with Gasteiger partial charge >= 0.3 is 0 Å². The number of sulfone groups is 1. The highest BCUT2D eigenvalue weighted by molar-refractivity contribution is 7.91. The number of rotatable bonds is 0. The molecule has 0 saturated carbocycles. The van der Waals surface area contributed by atoms with Crippen LogP contribution in [0.1, 0.15) is 5.69 Å². The summed E-state index contributed by atoms with van der Waals surface area (Å²) in [7, 11) is -1.39. The normalized spacial score (nSPS) is 19.1. The average Bonchev–Trinajstić information content (AvgIpc) is 2.12. The molecule has 0 atom stereocenters. The van der Waals surface area contributed by atoms with Crippen molar-refractivity contribution >= 4 is 15.7 Å². The van der Waals surface area contributed by atoms with Gasteiger partial charge in [-0.2, -0.15) is 0 Å². The van der Waals surface area contributed by atoms with Crippen LogP contribution in [0.25, 0.3) is 0 Å². The van der Waals surface area contributed by atoms with Crippen LogP contribution < -0.4 is 4.90 Å². The Hall–Kier alpha value is -1.17. The molecule has 1 aromatic rings. The summed E-state index contributed by atoms with van der Waals surface area (Å²) < 4.78 is 23.2. The molecule has 0 aliphatic carbocycles. The maximum Gasteiger partial charge on any atom is 0.201 e. The second-order valence-corrected chi connectivity index (χ2v) is 5.41. The Bertz CT molecular complexity index is 469. The molecular weight excluding hydrogens is 202 g/mol. The molecule has 0 radical (unpaired) electrons. The molecule has 0 N–H and O–H groups in total. The molecule has 1 aromatic heterocycles. The summed E-state index contributed by atoms with van der Waals surface area (Å²) in [6.07, 6.45) is 1.48. The number of hydrogen-bond donors (Lipinski definition) is 0. The van der Waals surface area contributed by atoms with Gasteiger partial charge in [0.15, 0.2) is 10.8 Å². The van der Waals surface area contributed by atoms with Gasteiger partial charge in [0, 0.05) is 19.8 Å². The van der Waals surface area contributed by atoms with Crippen molar-refractivity contribution in [3.05, 3.63) is 11.9 Å². The summed E-state index contributed by atoms with van der Waals surface area (Å²) in [5, 5.41) is 0.108. The first kappa shape index (κ1) is 9.39. The van der Waals surface area contributed by atoms with Gasteiger partial charge in [0.05, 0.1) is 11.4 Å². The fourth-order valence-electron chi connectivity index (χ4n) is 1.38. The minimum absolute atomic E-state index is 0.108. The number of nitrogens with zero attached hydrogens (tertiary/aromatic N) is 3. The summed E-state index contributed by atoms with van der Waals surface area (Å²) >= 11 is 0. The van der Waals surface area contributed by atoms with Crippen molar-refractivity contribution in [2.24, 2.45) is 0 Å². The van der Waals surface area contributed by atoms with E-state index >= 15 is 0 Å².